The van der Waals surface area contributed by atoms with Crippen molar-refractivity contribution in [1.82, 2.24) is 29.1 Å². The molecule has 126 valence electrons. The molecule has 0 aliphatic carbocycles. The number of rotatable bonds is 4. The van der Waals surface area contributed by atoms with Gasteiger partial charge in [0, 0.05) is 44.6 Å². The minimum absolute atomic E-state index is 0.0178. The Kier molecular flexibility index (Phi) is 3.89. The number of anilines is 1. The van der Waals surface area contributed by atoms with Crippen LogP contribution in [0.15, 0.2) is 24.8 Å². The second-order valence-corrected chi connectivity index (χ2v) is 6.22. The van der Waals surface area contributed by atoms with Gasteiger partial charge in [0.05, 0.1) is 0 Å². The van der Waals surface area contributed by atoms with Crippen LogP contribution in [0.25, 0.3) is 5.65 Å². The highest BCUT2D eigenvalue weighted by molar-refractivity contribution is 5.49. The Balaban J connectivity index is 1.51. The fraction of sp³-hybridized carbons (Fsp3) is 0.500. The molecule has 1 aliphatic heterocycles. The van der Waals surface area contributed by atoms with Gasteiger partial charge in [-0.1, -0.05) is 0 Å². The summed E-state index contributed by atoms with van der Waals surface area (Å²) in [5.41, 5.74) is 0.797. The summed E-state index contributed by atoms with van der Waals surface area (Å²) in [6.07, 6.45) is 7.65. The number of nitrogens with zero attached hydrogens (tertiary/aromatic N) is 6. The molecule has 0 bridgehead atoms. The van der Waals surface area contributed by atoms with Crippen LogP contribution >= 0.6 is 0 Å². The summed E-state index contributed by atoms with van der Waals surface area (Å²) >= 11 is 0. The lowest BCUT2D eigenvalue weighted by Crippen LogP contribution is -2.30. The van der Waals surface area contributed by atoms with Crippen molar-refractivity contribution in [2.24, 2.45) is 13.0 Å². The molecule has 2 atom stereocenters. The van der Waals surface area contributed by atoms with Crippen LogP contribution < -0.4 is 5.32 Å². The normalized spacial score (nSPS) is 21.2. The molecule has 3 aromatic rings. The third-order valence-electron chi connectivity index (χ3n) is 4.57. The number of fused-ring (bicyclic) bond motifs is 1. The summed E-state index contributed by atoms with van der Waals surface area (Å²) in [6.45, 7) is 3.52. The first-order valence-corrected chi connectivity index (χ1v) is 8.22. The summed E-state index contributed by atoms with van der Waals surface area (Å²) in [4.78, 5) is 9.04. The molecule has 8 nitrogen and oxygen atoms in total. The van der Waals surface area contributed by atoms with Gasteiger partial charge in [-0.3, -0.25) is 4.40 Å². The van der Waals surface area contributed by atoms with Crippen LogP contribution in [0.5, 0.6) is 0 Å². The lowest BCUT2D eigenvalue weighted by atomic mass is 9.93. The summed E-state index contributed by atoms with van der Waals surface area (Å²) in [5, 5.41) is 11.5. The lowest BCUT2D eigenvalue weighted by Gasteiger charge is -2.31. The van der Waals surface area contributed by atoms with Crippen molar-refractivity contribution >= 4 is 11.5 Å². The van der Waals surface area contributed by atoms with Gasteiger partial charge in [0.2, 0.25) is 0 Å². The average Bonchev–Trinajstić information content (AvgIpc) is 3.22. The van der Waals surface area contributed by atoms with Gasteiger partial charge in [0.15, 0.2) is 5.65 Å². The SMILES string of the molecule is Cc1nc(NC[C@@H]2CCCO[C@H]2c2nccn2C)cc2nncn12. The number of aromatic nitrogens is 6. The first kappa shape index (κ1) is 15.1. The van der Waals surface area contributed by atoms with Crippen molar-refractivity contribution in [1.29, 1.82) is 0 Å². The molecule has 1 aliphatic rings. The van der Waals surface area contributed by atoms with Crippen LogP contribution in [0.1, 0.15) is 30.6 Å². The van der Waals surface area contributed by atoms with Gasteiger partial charge < -0.3 is 14.6 Å². The zero-order chi connectivity index (χ0) is 16.5. The van der Waals surface area contributed by atoms with Gasteiger partial charge in [-0.25, -0.2) is 9.97 Å². The second kappa shape index (κ2) is 6.20. The van der Waals surface area contributed by atoms with Gasteiger partial charge in [-0.2, -0.15) is 0 Å². The number of aryl methyl sites for hydroxylation is 2. The molecule has 4 rings (SSSR count). The minimum atomic E-state index is 0.0178. The molecule has 0 saturated carbocycles. The van der Waals surface area contributed by atoms with Crippen LogP contribution in [0.2, 0.25) is 0 Å². The molecule has 24 heavy (non-hydrogen) atoms. The van der Waals surface area contributed by atoms with Crippen LogP contribution in [0, 0.1) is 12.8 Å². The molecular weight excluding hydrogens is 306 g/mol. The fourth-order valence-corrected chi connectivity index (χ4v) is 3.29. The molecule has 3 aromatic heterocycles. The van der Waals surface area contributed by atoms with Crippen molar-refractivity contribution in [3.05, 3.63) is 36.4 Å². The van der Waals surface area contributed by atoms with Gasteiger partial charge in [0.1, 0.15) is 29.9 Å². The fourth-order valence-electron chi connectivity index (χ4n) is 3.29. The van der Waals surface area contributed by atoms with E-state index in [-0.39, 0.29) is 6.10 Å². The van der Waals surface area contributed by atoms with E-state index in [2.05, 4.69) is 25.5 Å². The van der Waals surface area contributed by atoms with Crippen LogP contribution in [-0.4, -0.2) is 42.3 Å². The van der Waals surface area contributed by atoms with E-state index in [1.54, 1.807) is 6.33 Å². The van der Waals surface area contributed by atoms with Gasteiger partial charge in [0.25, 0.3) is 0 Å². The summed E-state index contributed by atoms with van der Waals surface area (Å²) in [7, 11) is 2.01. The molecule has 1 saturated heterocycles. The molecular formula is C16H21N7O. The average molecular weight is 327 g/mol. The van der Waals surface area contributed by atoms with E-state index in [1.165, 1.54) is 0 Å². The number of hydrogen-bond acceptors (Lipinski definition) is 6. The number of ether oxygens (including phenoxy) is 1. The Bertz CT molecular complexity index is 840. The highest BCUT2D eigenvalue weighted by atomic mass is 16.5. The Morgan fingerprint density at radius 3 is 3.17 bits per heavy atom. The van der Waals surface area contributed by atoms with Gasteiger partial charge >= 0.3 is 0 Å². The largest absolute Gasteiger partial charge is 0.370 e. The maximum absolute atomic E-state index is 6.02. The Labute approximate surface area is 139 Å². The van der Waals surface area contributed by atoms with E-state index in [0.717, 1.165) is 49.1 Å². The van der Waals surface area contributed by atoms with Crippen molar-refractivity contribution in [2.75, 3.05) is 18.5 Å². The highest BCUT2D eigenvalue weighted by Gasteiger charge is 2.30. The van der Waals surface area contributed by atoms with Crippen molar-refractivity contribution in [3.8, 4) is 0 Å². The predicted octanol–water partition coefficient (Wildman–Crippen LogP) is 1.75. The molecule has 1 fully saturated rings. The van der Waals surface area contributed by atoms with Crippen molar-refractivity contribution in [3.63, 3.8) is 0 Å². The maximum atomic E-state index is 6.02. The second-order valence-electron chi connectivity index (χ2n) is 6.22. The van der Waals surface area contributed by atoms with Crippen LogP contribution in [-0.2, 0) is 11.8 Å². The molecule has 0 radical (unpaired) electrons. The molecule has 8 heteroatoms. The predicted molar refractivity (Wildman–Crippen MR) is 88.6 cm³/mol. The lowest BCUT2D eigenvalue weighted by molar-refractivity contribution is -0.0305. The highest BCUT2D eigenvalue weighted by Crippen LogP contribution is 2.32. The van der Waals surface area contributed by atoms with Gasteiger partial charge in [-0.15, -0.1) is 10.2 Å². The smallest absolute Gasteiger partial charge is 0.165 e. The van der Waals surface area contributed by atoms with E-state index >= 15 is 0 Å². The Morgan fingerprint density at radius 1 is 1.42 bits per heavy atom. The minimum Gasteiger partial charge on any atom is -0.370 e. The maximum Gasteiger partial charge on any atom is 0.165 e. The molecule has 4 heterocycles. The monoisotopic (exact) mass is 327 g/mol. The van der Waals surface area contributed by atoms with Gasteiger partial charge in [-0.05, 0) is 19.8 Å². The number of nitrogens with one attached hydrogen (secondary N) is 1. The Hall–Kier alpha value is -2.48. The summed E-state index contributed by atoms with van der Waals surface area (Å²) in [6, 6.07) is 1.92. The third-order valence-corrected chi connectivity index (χ3v) is 4.57. The quantitative estimate of drug-likeness (QED) is 0.786. The molecule has 0 unspecified atom stereocenters. The van der Waals surface area contributed by atoms with Crippen molar-refractivity contribution < 1.29 is 4.74 Å². The zero-order valence-corrected chi connectivity index (χ0v) is 13.9. The zero-order valence-electron chi connectivity index (χ0n) is 13.9. The molecule has 0 amide bonds. The summed E-state index contributed by atoms with van der Waals surface area (Å²) < 4.78 is 9.92. The number of hydrogen-bond donors (Lipinski definition) is 1. The molecule has 0 aromatic carbocycles. The van der Waals surface area contributed by atoms with Crippen LogP contribution in [0.3, 0.4) is 0 Å². The van der Waals surface area contributed by atoms with E-state index in [0.29, 0.717) is 5.92 Å². The van der Waals surface area contributed by atoms with Crippen LogP contribution in [0.4, 0.5) is 5.82 Å². The van der Waals surface area contributed by atoms with E-state index in [1.807, 2.05) is 41.4 Å². The topological polar surface area (TPSA) is 82.2 Å². The first-order valence-electron chi connectivity index (χ1n) is 8.22. The van der Waals surface area contributed by atoms with Crippen molar-refractivity contribution in [2.45, 2.75) is 25.9 Å². The first-order chi connectivity index (χ1) is 11.7. The van der Waals surface area contributed by atoms with E-state index < -0.39 is 0 Å². The molecule has 1 N–H and O–H groups in total. The Morgan fingerprint density at radius 2 is 2.33 bits per heavy atom. The molecule has 0 spiro atoms. The number of imidazole rings is 1. The summed E-state index contributed by atoms with van der Waals surface area (Å²) in [5.74, 6) is 3.02. The van der Waals surface area contributed by atoms with E-state index in [4.69, 9.17) is 4.74 Å². The standard InChI is InChI=1S/C16H21N7O/c1-11-20-13(8-14-21-19-10-23(11)14)18-9-12-4-3-7-24-15(12)16-17-5-6-22(16)2/h5-6,8,10,12,15,18H,3-4,7,9H2,1-2H3/t12-,15+/m0/s1. The van der Waals surface area contributed by atoms with E-state index in [9.17, 15) is 0 Å². The third kappa shape index (κ3) is 2.73.